The Morgan fingerprint density at radius 3 is 1.15 bits per heavy atom. The fourth-order valence-corrected chi connectivity index (χ4v) is 17.1. The number of rotatable bonds is 10. The zero-order valence-corrected chi connectivity index (χ0v) is 59.3. The van der Waals surface area contributed by atoms with Crippen LogP contribution in [-0.2, 0) is 20.8 Å². The monoisotopic (exact) mass is 1250 g/mol. The molecule has 1 aliphatic heterocycles. The summed E-state index contributed by atoms with van der Waals surface area (Å²) in [6.07, 6.45) is 0. The molecule has 0 amide bonds. The standard InChI is InChI=1S/2C30H37Si2.C12H7Si.2ClH.Zr/c2*1-21(2)28-15-14-23-16-24(22-12-10-9-11-13-22)19-29(23)30(28)25-17-26(31(3,4)5)20-27(18-25)32(6,7)8;1-3-7-11-9(5-1)10-6-2-4-8-12(10)13-11;;;/h2*9-21H,1-8H3;1-7H;2*1H;/q3*-1;;;+2/p-2. The van der Waals surface area contributed by atoms with Crippen molar-refractivity contribution in [1.82, 2.24) is 0 Å². The summed E-state index contributed by atoms with van der Waals surface area (Å²) in [4.78, 5) is 0. The van der Waals surface area contributed by atoms with Gasteiger partial charge < -0.3 is 0 Å². The van der Waals surface area contributed by atoms with Gasteiger partial charge in [0.05, 0.1) is 41.8 Å². The summed E-state index contributed by atoms with van der Waals surface area (Å²) in [6.45, 7) is 39.0. The summed E-state index contributed by atoms with van der Waals surface area (Å²) in [5.41, 5.74) is 16.6. The Kier molecular flexibility index (Phi) is 19.7. The molecule has 1 aliphatic rings. The Morgan fingerprint density at radius 1 is 0.412 bits per heavy atom. The normalized spacial score (nSPS) is 12.3. The first-order valence-corrected chi connectivity index (χ1v) is 49.8. The van der Waals surface area contributed by atoms with Crippen molar-refractivity contribution in [3.8, 4) is 55.6 Å². The summed E-state index contributed by atoms with van der Waals surface area (Å²) in [7, 11) is 4.88. The van der Waals surface area contributed by atoms with Crippen LogP contribution in [0.2, 0.25) is 78.6 Å². The van der Waals surface area contributed by atoms with E-state index in [9.17, 15) is 0 Å². The van der Waals surface area contributed by atoms with Gasteiger partial charge in [-0.3, -0.25) is 0 Å². The maximum absolute atomic E-state index is 4.93. The van der Waals surface area contributed by atoms with E-state index >= 15 is 0 Å². The van der Waals surface area contributed by atoms with Crippen LogP contribution in [0.3, 0.4) is 0 Å². The molecular weight excluding hydrogens is 1170 g/mol. The Labute approximate surface area is 506 Å². The summed E-state index contributed by atoms with van der Waals surface area (Å²) in [6, 6.07) is 73.8. The molecule has 0 spiro atoms. The van der Waals surface area contributed by atoms with Crippen LogP contribution in [0.25, 0.3) is 77.2 Å². The first-order chi connectivity index (χ1) is 37.8. The van der Waals surface area contributed by atoms with Crippen molar-refractivity contribution in [2.24, 2.45) is 0 Å². The van der Waals surface area contributed by atoms with Crippen molar-refractivity contribution in [3.63, 3.8) is 0 Å². The quantitative estimate of drug-likeness (QED) is 0.0946. The second-order valence-corrected chi connectivity index (χ2v) is 51.7. The minimum Gasteiger partial charge on any atom is -0.184 e. The Balaban J connectivity index is 0.000000165. The minimum atomic E-state index is -1.45. The van der Waals surface area contributed by atoms with Gasteiger partial charge in [0.2, 0.25) is 0 Å². The van der Waals surface area contributed by atoms with E-state index in [2.05, 4.69) is 294 Å². The Hall–Kier alpha value is -4.47. The molecule has 0 aliphatic carbocycles. The van der Waals surface area contributed by atoms with E-state index in [4.69, 9.17) is 17.0 Å². The zero-order valence-electron chi connectivity index (χ0n) is 50.3. The molecule has 0 bridgehead atoms. The first-order valence-electron chi connectivity index (χ1n) is 28.5. The van der Waals surface area contributed by atoms with E-state index in [0.29, 0.717) is 11.8 Å². The van der Waals surface area contributed by atoms with Crippen LogP contribution >= 0.6 is 17.0 Å². The van der Waals surface area contributed by atoms with Gasteiger partial charge in [-0.15, -0.1) is 74.6 Å². The van der Waals surface area contributed by atoms with Crippen molar-refractivity contribution in [3.05, 3.63) is 205 Å². The third-order valence-electron chi connectivity index (χ3n) is 15.5. The van der Waals surface area contributed by atoms with Gasteiger partial charge in [0.15, 0.2) is 0 Å². The van der Waals surface area contributed by atoms with Gasteiger partial charge in [0.25, 0.3) is 0 Å². The molecule has 0 saturated carbocycles. The number of hydrogen-bond acceptors (Lipinski definition) is 0. The van der Waals surface area contributed by atoms with Gasteiger partial charge in [-0.25, -0.2) is 0 Å². The molecule has 0 fully saturated rings. The van der Waals surface area contributed by atoms with Crippen molar-refractivity contribution < 1.29 is 20.8 Å². The predicted octanol–water partition coefficient (Wildman–Crippen LogP) is 18.7. The molecule has 10 aromatic rings. The van der Waals surface area contributed by atoms with Crippen LogP contribution in [0.4, 0.5) is 0 Å². The minimum absolute atomic E-state index is 0.482. The van der Waals surface area contributed by atoms with E-state index in [1.807, 2.05) is 6.07 Å². The molecule has 0 nitrogen and oxygen atoms in total. The molecular formula is C72H81Cl2Si5Zr-3. The van der Waals surface area contributed by atoms with E-state index in [1.54, 1.807) is 20.7 Å². The molecule has 0 N–H and O–H groups in total. The number of halogens is 2. The smallest absolute Gasteiger partial charge is 0.0920 e. The summed E-state index contributed by atoms with van der Waals surface area (Å²) in [5, 5.41) is 14.6. The van der Waals surface area contributed by atoms with E-state index in [0.717, 1.165) is 9.52 Å². The van der Waals surface area contributed by atoms with Crippen molar-refractivity contribution in [2.45, 2.75) is 118 Å². The van der Waals surface area contributed by atoms with Crippen LogP contribution in [0.15, 0.2) is 188 Å². The molecule has 2 radical (unpaired) electrons. The largest absolute Gasteiger partial charge is 0.184 e. The van der Waals surface area contributed by atoms with E-state index in [1.165, 1.54) is 98.7 Å². The van der Waals surface area contributed by atoms with E-state index < -0.39 is 53.1 Å². The Morgan fingerprint density at radius 2 is 0.775 bits per heavy atom. The molecule has 1 heterocycles. The van der Waals surface area contributed by atoms with Gasteiger partial charge in [0, 0.05) is 0 Å². The van der Waals surface area contributed by atoms with Crippen molar-refractivity contribution in [1.29, 1.82) is 0 Å². The average Bonchev–Trinajstić information content (AvgIpc) is 4.33. The van der Waals surface area contributed by atoms with Crippen LogP contribution in [0.5, 0.6) is 0 Å². The third kappa shape index (κ3) is 14.5. The van der Waals surface area contributed by atoms with E-state index in [-0.39, 0.29) is 0 Å². The molecule has 0 aromatic heterocycles. The number of hydrogen-bond donors (Lipinski definition) is 0. The van der Waals surface area contributed by atoms with Crippen LogP contribution in [0.1, 0.15) is 50.7 Å². The number of benzene rings is 8. The second kappa shape index (κ2) is 25.6. The van der Waals surface area contributed by atoms with Crippen LogP contribution < -0.4 is 31.1 Å². The maximum atomic E-state index is 4.93. The van der Waals surface area contributed by atoms with Crippen molar-refractivity contribution >= 4 is 112 Å². The molecule has 0 atom stereocenters. The first kappa shape index (κ1) is 61.6. The fourth-order valence-electron chi connectivity index (χ4n) is 10.8. The third-order valence-corrected chi connectivity index (χ3v) is 25.0. The molecule has 11 rings (SSSR count). The molecule has 410 valence electrons. The van der Waals surface area contributed by atoms with Gasteiger partial charge in [0.1, 0.15) is 0 Å². The van der Waals surface area contributed by atoms with Gasteiger partial charge in [-0.1, -0.05) is 293 Å². The predicted molar refractivity (Wildman–Crippen MR) is 368 cm³/mol. The molecule has 0 saturated heterocycles. The second-order valence-electron chi connectivity index (χ2n) is 26.4. The average molecular weight is 1250 g/mol. The molecule has 80 heavy (non-hydrogen) atoms. The summed E-state index contributed by atoms with van der Waals surface area (Å²) in [5.74, 6) is 0.964. The van der Waals surface area contributed by atoms with Gasteiger partial charge in [-0.05, 0) is 34.1 Å². The van der Waals surface area contributed by atoms with Crippen molar-refractivity contribution in [2.75, 3.05) is 0 Å². The van der Waals surface area contributed by atoms with Crippen LogP contribution in [0, 0.1) is 6.07 Å². The molecule has 0 unspecified atom stereocenters. The number of fused-ring (bicyclic) bond motifs is 5. The zero-order chi connectivity index (χ0) is 57.9. The topological polar surface area (TPSA) is 0 Å². The van der Waals surface area contributed by atoms with Gasteiger partial charge in [-0.2, -0.15) is 29.5 Å². The molecule has 8 heteroatoms. The Bertz CT molecular complexity index is 3420. The summed E-state index contributed by atoms with van der Waals surface area (Å²) >= 11 is -0.826. The molecule has 10 aromatic carbocycles. The fraction of sp³-hybridized carbons (Fsp3) is 0.250. The summed E-state index contributed by atoms with van der Waals surface area (Å²) < 4.78 is 0. The maximum Gasteiger partial charge on any atom is 0.0920 e. The SMILES string of the molecule is CC(C)c1ccc2[cH-]c(-c3ccccc3)cc2c1-c1cc([Si](C)(C)C)cc([Si](C)(C)C)c1.CC(C)c1ccc2[cH-]c(-c3ccccc3)cc2c1-c1cc([Si](C)(C)C)cc([Si](C)(C)C)c1.[Cl][Zr][Cl].[c-]1cccc2c1[Si]c1ccccc1-2. The van der Waals surface area contributed by atoms with Gasteiger partial charge >= 0.3 is 37.9 Å². The van der Waals surface area contributed by atoms with Crippen LogP contribution in [-0.4, -0.2) is 41.8 Å².